The van der Waals surface area contributed by atoms with Crippen molar-refractivity contribution in [3.8, 4) is 0 Å². The normalized spacial score (nSPS) is 11.6. The van der Waals surface area contributed by atoms with Gasteiger partial charge in [-0.15, -0.1) is 0 Å². The predicted molar refractivity (Wildman–Crippen MR) is 50.6 cm³/mol. The molecule has 0 atom stereocenters. The van der Waals surface area contributed by atoms with Crippen molar-refractivity contribution in [1.29, 1.82) is 0 Å². The van der Waals surface area contributed by atoms with Gasteiger partial charge in [-0.3, -0.25) is 4.99 Å². The van der Waals surface area contributed by atoms with Gasteiger partial charge in [-0.05, 0) is 24.5 Å². The Balaban J connectivity index is 2.23. The van der Waals surface area contributed by atoms with E-state index in [4.69, 9.17) is 4.42 Å². The fraction of sp³-hybridized carbons (Fsp3) is 0.500. The Morgan fingerprint density at radius 2 is 2.42 bits per heavy atom. The van der Waals surface area contributed by atoms with Crippen LogP contribution in [0.5, 0.6) is 0 Å². The second-order valence-electron chi connectivity index (χ2n) is 3.23. The summed E-state index contributed by atoms with van der Waals surface area (Å²) in [4.78, 5) is 4.24. The molecule has 0 saturated carbocycles. The van der Waals surface area contributed by atoms with Gasteiger partial charge < -0.3 is 4.42 Å². The van der Waals surface area contributed by atoms with Gasteiger partial charge in [0.2, 0.25) is 0 Å². The SMILES string of the molecule is CC(C)CCN=Cc1ccco1. The summed E-state index contributed by atoms with van der Waals surface area (Å²) in [5.41, 5.74) is 0. The van der Waals surface area contributed by atoms with Crippen LogP contribution in [0.3, 0.4) is 0 Å². The quantitative estimate of drug-likeness (QED) is 0.630. The third-order valence-corrected chi connectivity index (χ3v) is 1.60. The molecule has 0 unspecified atom stereocenters. The van der Waals surface area contributed by atoms with Gasteiger partial charge in [0.25, 0.3) is 0 Å². The summed E-state index contributed by atoms with van der Waals surface area (Å²) in [5.74, 6) is 1.55. The van der Waals surface area contributed by atoms with Crippen LogP contribution in [0.15, 0.2) is 27.8 Å². The van der Waals surface area contributed by atoms with Crippen LogP contribution in [0.25, 0.3) is 0 Å². The van der Waals surface area contributed by atoms with Crippen molar-refractivity contribution >= 4 is 6.21 Å². The van der Waals surface area contributed by atoms with Crippen LogP contribution in [0.4, 0.5) is 0 Å². The highest BCUT2D eigenvalue weighted by Crippen LogP contribution is 1.99. The Morgan fingerprint density at radius 1 is 1.58 bits per heavy atom. The first-order valence-corrected chi connectivity index (χ1v) is 4.32. The molecule has 1 aromatic rings. The van der Waals surface area contributed by atoms with Crippen LogP contribution >= 0.6 is 0 Å². The molecular weight excluding hydrogens is 150 g/mol. The van der Waals surface area contributed by atoms with Gasteiger partial charge in [0.15, 0.2) is 0 Å². The van der Waals surface area contributed by atoms with Crippen LogP contribution in [-0.2, 0) is 0 Å². The predicted octanol–water partition coefficient (Wildman–Crippen LogP) is 2.74. The Kier molecular flexibility index (Phi) is 3.58. The maximum Gasteiger partial charge on any atom is 0.144 e. The van der Waals surface area contributed by atoms with Crippen molar-refractivity contribution in [2.75, 3.05) is 6.54 Å². The van der Waals surface area contributed by atoms with Gasteiger partial charge in [-0.2, -0.15) is 0 Å². The molecule has 0 spiro atoms. The van der Waals surface area contributed by atoms with Crippen LogP contribution in [0.1, 0.15) is 26.0 Å². The standard InChI is InChI=1S/C10H15NO/c1-9(2)5-6-11-8-10-4-3-7-12-10/h3-4,7-9H,5-6H2,1-2H3. The average Bonchev–Trinajstić information content (AvgIpc) is 2.49. The Labute approximate surface area is 73.3 Å². The molecule has 0 radical (unpaired) electrons. The molecule has 12 heavy (non-hydrogen) atoms. The van der Waals surface area contributed by atoms with Gasteiger partial charge in [0.1, 0.15) is 5.76 Å². The molecule has 2 nitrogen and oxygen atoms in total. The van der Waals surface area contributed by atoms with Crippen LogP contribution in [0.2, 0.25) is 0 Å². The Bertz CT molecular complexity index is 224. The molecular formula is C10H15NO. The molecule has 1 heterocycles. The lowest BCUT2D eigenvalue weighted by Gasteiger charge is -1.97. The molecule has 1 rings (SSSR count). The molecule has 0 aliphatic rings. The van der Waals surface area contributed by atoms with Gasteiger partial charge >= 0.3 is 0 Å². The largest absolute Gasteiger partial charge is 0.463 e. The molecule has 0 aliphatic heterocycles. The van der Waals surface area contributed by atoms with E-state index in [0.29, 0.717) is 0 Å². The maximum atomic E-state index is 5.09. The molecule has 1 aromatic heterocycles. The zero-order valence-corrected chi connectivity index (χ0v) is 7.66. The van der Waals surface area contributed by atoms with Gasteiger partial charge in [0.05, 0.1) is 12.5 Å². The zero-order valence-electron chi connectivity index (χ0n) is 7.66. The van der Waals surface area contributed by atoms with Crippen LogP contribution < -0.4 is 0 Å². The lowest BCUT2D eigenvalue weighted by molar-refractivity contribution is 0.558. The second-order valence-corrected chi connectivity index (χ2v) is 3.23. The Hall–Kier alpha value is -1.05. The van der Waals surface area contributed by atoms with Crippen molar-refractivity contribution in [2.24, 2.45) is 10.9 Å². The summed E-state index contributed by atoms with van der Waals surface area (Å²) in [6, 6.07) is 3.77. The number of rotatable bonds is 4. The lowest BCUT2D eigenvalue weighted by atomic mass is 10.1. The third kappa shape index (κ3) is 3.37. The minimum Gasteiger partial charge on any atom is -0.463 e. The van der Waals surface area contributed by atoms with Crippen molar-refractivity contribution in [2.45, 2.75) is 20.3 Å². The number of hydrogen-bond acceptors (Lipinski definition) is 2. The smallest absolute Gasteiger partial charge is 0.144 e. The molecule has 0 amide bonds. The maximum absolute atomic E-state index is 5.09. The molecule has 0 fully saturated rings. The van der Waals surface area contributed by atoms with Crippen LogP contribution in [0, 0.1) is 5.92 Å². The topological polar surface area (TPSA) is 25.5 Å². The van der Waals surface area contributed by atoms with E-state index < -0.39 is 0 Å². The highest BCUT2D eigenvalue weighted by molar-refractivity contribution is 5.75. The third-order valence-electron chi connectivity index (χ3n) is 1.60. The van der Waals surface area contributed by atoms with Crippen molar-refractivity contribution in [3.05, 3.63) is 24.2 Å². The van der Waals surface area contributed by atoms with E-state index in [1.807, 2.05) is 12.1 Å². The monoisotopic (exact) mass is 165 g/mol. The summed E-state index contributed by atoms with van der Waals surface area (Å²) in [5, 5.41) is 0. The lowest BCUT2D eigenvalue weighted by Crippen LogP contribution is -1.90. The first-order chi connectivity index (χ1) is 5.79. The first kappa shape index (κ1) is 9.04. The van der Waals surface area contributed by atoms with E-state index in [1.165, 1.54) is 0 Å². The first-order valence-electron chi connectivity index (χ1n) is 4.32. The number of nitrogens with zero attached hydrogens (tertiary/aromatic N) is 1. The zero-order chi connectivity index (χ0) is 8.81. The summed E-state index contributed by atoms with van der Waals surface area (Å²) in [6.07, 6.45) is 4.57. The Morgan fingerprint density at radius 3 is 3.00 bits per heavy atom. The highest BCUT2D eigenvalue weighted by atomic mass is 16.3. The van der Waals surface area contributed by atoms with Crippen molar-refractivity contribution in [3.63, 3.8) is 0 Å². The van der Waals surface area contributed by atoms with Crippen molar-refractivity contribution < 1.29 is 4.42 Å². The highest BCUT2D eigenvalue weighted by Gasteiger charge is 1.91. The summed E-state index contributed by atoms with van der Waals surface area (Å²) < 4.78 is 5.09. The number of hydrogen-bond donors (Lipinski definition) is 0. The van der Waals surface area contributed by atoms with E-state index in [-0.39, 0.29) is 0 Å². The molecule has 66 valence electrons. The van der Waals surface area contributed by atoms with E-state index in [0.717, 1.165) is 24.6 Å². The summed E-state index contributed by atoms with van der Waals surface area (Å²) in [7, 11) is 0. The molecule has 0 bridgehead atoms. The molecule has 0 aliphatic carbocycles. The van der Waals surface area contributed by atoms with Gasteiger partial charge in [-0.25, -0.2) is 0 Å². The second kappa shape index (κ2) is 4.75. The van der Waals surface area contributed by atoms with E-state index in [9.17, 15) is 0 Å². The molecule has 0 N–H and O–H groups in total. The molecule has 0 saturated heterocycles. The fourth-order valence-electron chi connectivity index (χ4n) is 0.852. The summed E-state index contributed by atoms with van der Waals surface area (Å²) >= 11 is 0. The molecule has 2 heteroatoms. The number of furan rings is 1. The van der Waals surface area contributed by atoms with Gasteiger partial charge in [0, 0.05) is 6.54 Å². The van der Waals surface area contributed by atoms with E-state index in [2.05, 4.69) is 18.8 Å². The molecule has 0 aromatic carbocycles. The van der Waals surface area contributed by atoms with E-state index in [1.54, 1.807) is 12.5 Å². The minimum absolute atomic E-state index is 0.721. The fourth-order valence-corrected chi connectivity index (χ4v) is 0.852. The summed E-state index contributed by atoms with van der Waals surface area (Å²) in [6.45, 7) is 5.28. The van der Waals surface area contributed by atoms with Crippen LogP contribution in [-0.4, -0.2) is 12.8 Å². The minimum atomic E-state index is 0.721. The van der Waals surface area contributed by atoms with Crippen molar-refractivity contribution in [1.82, 2.24) is 0 Å². The van der Waals surface area contributed by atoms with Gasteiger partial charge in [-0.1, -0.05) is 13.8 Å². The van der Waals surface area contributed by atoms with E-state index >= 15 is 0 Å². The average molecular weight is 165 g/mol. The number of aliphatic imine (C=N–C) groups is 1.